The smallest absolute Gasteiger partial charge is 0.230 e. The molecule has 0 aliphatic rings. The molecule has 0 aliphatic heterocycles. The Hall–Kier alpha value is -1.98. The number of rotatable bonds is 6. The number of hydrogen-bond acceptors (Lipinski definition) is 4. The second kappa shape index (κ2) is 8.14. The Morgan fingerprint density at radius 2 is 1.73 bits per heavy atom. The van der Waals surface area contributed by atoms with Gasteiger partial charge in [0.2, 0.25) is 5.91 Å². The molecule has 3 rings (SSSR count). The van der Waals surface area contributed by atoms with E-state index in [0.29, 0.717) is 18.3 Å². The Bertz CT molecular complexity index is 853. The lowest BCUT2D eigenvalue weighted by atomic mass is 9.92. The molecule has 1 N–H and O–H groups in total. The van der Waals surface area contributed by atoms with Gasteiger partial charge in [-0.2, -0.15) is 0 Å². The van der Waals surface area contributed by atoms with Gasteiger partial charge in [0, 0.05) is 11.1 Å². The van der Waals surface area contributed by atoms with Crippen molar-refractivity contribution in [2.75, 3.05) is 5.32 Å². The third-order valence-corrected chi connectivity index (χ3v) is 6.19. The van der Waals surface area contributed by atoms with Crippen LogP contribution in [0.1, 0.15) is 56.4 Å². The Kier molecular flexibility index (Phi) is 5.89. The molecule has 2 heterocycles. The SMILES string of the molecule is CC(C)c1cccc(C(C)C)c1NC(=O)Cc1csc(-c2cccs2)n1. The zero-order valence-electron chi connectivity index (χ0n) is 15.6. The largest absolute Gasteiger partial charge is 0.325 e. The first kappa shape index (κ1) is 18.8. The summed E-state index contributed by atoms with van der Waals surface area (Å²) < 4.78 is 0. The minimum absolute atomic E-state index is 0.0111. The first-order chi connectivity index (χ1) is 12.5. The lowest BCUT2D eigenvalue weighted by Crippen LogP contribution is -2.18. The van der Waals surface area contributed by atoms with Crippen LogP contribution < -0.4 is 5.32 Å². The number of carbonyl (C=O) groups excluding carboxylic acids is 1. The second-order valence-electron chi connectivity index (χ2n) is 6.97. The van der Waals surface area contributed by atoms with Crippen molar-refractivity contribution in [1.29, 1.82) is 0 Å². The minimum atomic E-state index is -0.0111. The van der Waals surface area contributed by atoms with Crippen molar-refractivity contribution < 1.29 is 4.79 Å². The molecular formula is C21H24N2OS2. The van der Waals surface area contributed by atoms with Crippen molar-refractivity contribution in [1.82, 2.24) is 4.98 Å². The molecule has 5 heteroatoms. The summed E-state index contributed by atoms with van der Waals surface area (Å²) in [5.74, 6) is 0.699. The molecule has 0 saturated carbocycles. The molecule has 0 bridgehead atoms. The van der Waals surface area contributed by atoms with Gasteiger partial charge in [-0.3, -0.25) is 4.79 Å². The van der Waals surface area contributed by atoms with E-state index in [9.17, 15) is 4.79 Å². The van der Waals surface area contributed by atoms with Crippen LogP contribution in [-0.2, 0) is 11.2 Å². The average Bonchev–Trinajstić information content (AvgIpc) is 3.25. The Morgan fingerprint density at radius 3 is 2.31 bits per heavy atom. The fraction of sp³-hybridized carbons (Fsp3) is 0.333. The zero-order valence-corrected chi connectivity index (χ0v) is 17.2. The number of hydrogen-bond donors (Lipinski definition) is 1. The van der Waals surface area contributed by atoms with E-state index in [1.165, 1.54) is 11.1 Å². The number of thiophene rings is 1. The van der Waals surface area contributed by atoms with E-state index in [1.807, 2.05) is 16.8 Å². The Labute approximate surface area is 163 Å². The molecule has 0 saturated heterocycles. The van der Waals surface area contributed by atoms with Gasteiger partial charge < -0.3 is 5.32 Å². The highest BCUT2D eigenvalue weighted by molar-refractivity contribution is 7.20. The van der Waals surface area contributed by atoms with E-state index in [0.717, 1.165) is 21.3 Å². The van der Waals surface area contributed by atoms with Crippen LogP contribution in [-0.4, -0.2) is 10.9 Å². The van der Waals surface area contributed by atoms with Crippen LogP contribution in [0.4, 0.5) is 5.69 Å². The molecule has 3 nitrogen and oxygen atoms in total. The van der Waals surface area contributed by atoms with Crippen molar-refractivity contribution in [3.8, 4) is 9.88 Å². The fourth-order valence-electron chi connectivity index (χ4n) is 2.95. The van der Waals surface area contributed by atoms with Crippen LogP contribution in [0.3, 0.4) is 0 Å². The van der Waals surface area contributed by atoms with Gasteiger partial charge in [-0.15, -0.1) is 22.7 Å². The first-order valence-electron chi connectivity index (χ1n) is 8.86. The maximum absolute atomic E-state index is 12.7. The topological polar surface area (TPSA) is 42.0 Å². The molecule has 0 unspecified atom stereocenters. The van der Waals surface area contributed by atoms with Gasteiger partial charge in [0.05, 0.1) is 17.0 Å². The molecule has 3 aromatic rings. The van der Waals surface area contributed by atoms with Crippen LogP contribution in [0.2, 0.25) is 0 Å². The molecule has 0 radical (unpaired) electrons. The summed E-state index contributed by atoms with van der Waals surface area (Å²) >= 11 is 3.26. The van der Waals surface area contributed by atoms with Crippen molar-refractivity contribution in [3.63, 3.8) is 0 Å². The number of para-hydroxylation sites is 1. The Balaban J connectivity index is 1.78. The fourth-order valence-corrected chi connectivity index (χ4v) is 4.58. The van der Waals surface area contributed by atoms with Gasteiger partial charge in [-0.05, 0) is 34.4 Å². The van der Waals surface area contributed by atoms with E-state index in [4.69, 9.17) is 0 Å². The van der Waals surface area contributed by atoms with E-state index in [1.54, 1.807) is 22.7 Å². The number of aromatic nitrogens is 1. The van der Waals surface area contributed by atoms with Gasteiger partial charge in [-0.25, -0.2) is 4.98 Å². The van der Waals surface area contributed by atoms with Crippen molar-refractivity contribution in [2.45, 2.75) is 46.0 Å². The summed E-state index contributed by atoms with van der Waals surface area (Å²) in [4.78, 5) is 18.4. The van der Waals surface area contributed by atoms with Gasteiger partial charge >= 0.3 is 0 Å². The molecule has 2 aromatic heterocycles. The molecule has 136 valence electrons. The quantitative estimate of drug-likeness (QED) is 0.542. The summed E-state index contributed by atoms with van der Waals surface area (Å²) in [5, 5.41) is 8.16. The summed E-state index contributed by atoms with van der Waals surface area (Å²) in [6, 6.07) is 10.4. The number of nitrogens with zero attached hydrogens (tertiary/aromatic N) is 1. The van der Waals surface area contributed by atoms with Crippen LogP contribution in [0.5, 0.6) is 0 Å². The van der Waals surface area contributed by atoms with Crippen molar-refractivity contribution >= 4 is 34.3 Å². The van der Waals surface area contributed by atoms with Crippen LogP contribution in [0, 0.1) is 0 Å². The number of amides is 1. The molecule has 0 aliphatic carbocycles. The van der Waals surface area contributed by atoms with Gasteiger partial charge in [0.25, 0.3) is 0 Å². The monoisotopic (exact) mass is 384 g/mol. The van der Waals surface area contributed by atoms with Crippen LogP contribution >= 0.6 is 22.7 Å². The predicted molar refractivity (Wildman–Crippen MR) is 112 cm³/mol. The summed E-state index contributed by atoms with van der Waals surface area (Å²) in [7, 11) is 0. The van der Waals surface area contributed by atoms with E-state index in [2.05, 4.69) is 62.3 Å². The van der Waals surface area contributed by atoms with Gasteiger partial charge in [0.1, 0.15) is 5.01 Å². The molecule has 1 amide bonds. The van der Waals surface area contributed by atoms with E-state index >= 15 is 0 Å². The molecule has 0 spiro atoms. The Morgan fingerprint density at radius 1 is 1.04 bits per heavy atom. The number of nitrogens with one attached hydrogen (secondary N) is 1. The van der Waals surface area contributed by atoms with Gasteiger partial charge in [-0.1, -0.05) is 52.0 Å². The molecule has 1 aromatic carbocycles. The maximum atomic E-state index is 12.7. The minimum Gasteiger partial charge on any atom is -0.325 e. The van der Waals surface area contributed by atoms with E-state index in [-0.39, 0.29) is 5.91 Å². The number of thiazole rings is 1. The molecular weight excluding hydrogens is 360 g/mol. The van der Waals surface area contributed by atoms with Gasteiger partial charge in [0.15, 0.2) is 0 Å². The molecule has 0 atom stereocenters. The summed E-state index contributed by atoms with van der Waals surface area (Å²) in [6.07, 6.45) is 0.297. The lowest BCUT2D eigenvalue weighted by molar-refractivity contribution is -0.115. The third-order valence-electron chi connectivity index (χ3n) is 4.26. The first-order valence-corrected chi connectivity index (χ1v) is 10.6. The summed E-state index contributed by atoms with van der Waals surface area (Å²) in [6.45, 7) is 8.62. The third kappa shape index (κ3) is 4.22. The predicted octanol–water partition coefficient (Wildman–Crippen LogP) is 6.30. The maximum Gasteiger partial charge on any atom is 0.230 e. The number of anilines is 1. The highest BCUT2D eigenvalue weighted by Gasteiger charge is 2.17. The standard InChI is InChI=1S/C21H24N2OS2/c1-13(2)16-7-5-8-17(14(3)4)20(16)23-19(24)11-15-12-26-21(22-15)18-9-6-10-25-18/h5-10,12-14H,11H2,1-4H3,(H,23,24). The zero-order chi connectivity index (χ0) is 18.7. The molecule has 0 fully saturated rings. The molecule has 26 heavy (non-hydrogen) atoms. The van der Waals surface area contributed by atoms with E-state index < -0.39 is 0 Å². The number of carbonyl (C=O) groups is 1. The lowest BCUT2D eigenvalue weighted by Gasteiger charge is -2.20. The highest BCUT2D eigenvalue weighted by atomic mass is 32.1. The normalized spacial score (nSPS) is 11.3. The van der Waals surface area contributed by atoms with Crippen molar-refractivity contribution in [2.24, 2.45) is 0 Å². The van der Waals surface area contributed by atoms with Crippen LogP contribution in [0.15, 0.2) is 41.1 Å². The second-order valence-corrected chi connectivity index (χ2v) is 8.77. The van der Waals surface area contributed by atoms with Crippen LogP contribution in [0.25, 0.3) is 9.88 Å². The average molecular weight is 385 g/mol. The highest BCUT2D eigenvalue weighted by Crippen LogP contribution is 2.33. The number of benzene rings is 1. The summed E-state index contributed by atoms with van der Waals surface area (Å²) in [5.41, 5.74) is 4.16. The van der Waals surface area contributed by atoms with Crippen molar-refractivity contribution in [3.05, 3.63) is 57.9 Å².